The summed E-state index contributed by atoms with van der Waals surface area (Å²) in [5, 5.41) is 15.9. The van der Waals surface area contributed by atoms with Crippen molar-refractivity contribution in [1.82, 2.24) is 10.1 Å². The summed E-state index contributed by atoms with van der Waals surface area (Å²) in [4.78, 5) is 4.03. The summed E-state index contributed by atoms with van der Waals surface area (Å²) in [6.45, 7) is 2.34. The third kappa shape index (κ3) is 2.58. The molecule has 18 heavy (non-hydrogen) atoms. The molecule has 0 saturated heterocycles. The molecule has 2 aromatic heterocycles. The minimum Gasteiger partial charge on any atom is -0.480 e. The van der Waals surface area contributed by atoms with E-state index in [2.05, 4.69) is 15.5 Å². The Morgan fingerprint density at radius 2 is 2.33 bits per heavy atom. The van der Waals surface area contributed by atoms with E-state index in [1.165, 1.54) is 7.11 Å². The van der Waals surface area contributed by atoms with Crippen LogP contribution in [0.15, 0.2) is 22.9 Å². The number of rotatable bonds is 4. The summed E-state index contributed by atoms with van der Waals surface area (Å²) in [5.41, 5.74) is 1.91. The molecule has 0 atom stereocenters. The monoisotopic (exact) mass is 244 g/mol. The summed E-state index contributed by atoms with van der Waals surface area (Å²) in [6.07, 6.45) is 1.60. The zero-order valence-electron chi connectivity index (χ0n) is 10.1. The van der Waals surface area contributed by atoms with E-state index in [4.69, 9.17) is 14.5 Å². The topological polar surface area (TPSA) is 84.0 Å². The summed E-state index contributed by atoms with van der Waals surface area (Å²) in [6, 6.07) is 5.55. The average Bonchev–Trinajstić information content (AvgIpc) is 2.81. The van der Waals surface area contributed by atoms with Crippen LogP contribution in [0.1, 0.15) is 17.0 Å². The first-order valence-corrected chi connectivity index (χ1v) is 5.33. The summed E-state index contributed by atoms with van der Waals surface area (Å²) in [7, 11) is 1.48. The standard InChI is InChI=1S/C12H12N4O2/c1-8-3-11(16-18-8)7-14-10-4-9(5-13)12(17-2)15-6-10/h3-4,6,14H,7H2,1-2H3. The third-order valence-corrected chi connectivity index (χ3v) is 2.32. The molecular weight excluding hydrogens is 232 g/mol. The van der Waals surface area contributed by atoms with Gasteiger partial charge in [-0.2, -0.15) is 5.26 Å². The Morgan fingerprint density at radius 1 is 1.50 bits per heavy atom. The molecule has 92 valence electrons. The molecular formula is C12H12N4O2. The first-order chi connectivity index (χ1) is 8.72. The van der Waals surface area contributed by atoms with Gasteiger partial charge in [0.15, 0.2) is 0 Å². The smallest absolute Gasteiger partial charge is 0.231 e. The largest absolute Gasteiger partial charge is 0.480 e. The first kappa shape index (κ1) is 11.9. The van der Waals surface area contributed by atoms with E-state index in [9.17, 15) is 0 Å². The van der Waals surface area contributed by atoms with Crippen LogP contribution >= 0.6 is 0 Å². The number of nitriles is 1. The van der Waals surface area contributed by atoms with Gasteiger partial charge in [0, 0.05) is 6.07 Å². The molecule has 0 fully saturated rings. The van der Waals surface area contributed by atoms with E-state index >= 15 is 0 Å². The lowest BCUT2D eigenvalue weighted by Crippen LogP contribution is -2.01. The van der Waals surface area contributed by atoms with Crippen molar-refractivity contribution in [2.24, 2.45) is 0 Å². The molecule has 0 aliphatic carbocycles. The Balaban J connectivity index is 2.08. The van der Waals surface area contributed by atoms with E-state index in [1.54, 1.807) is 12.3 Å². The van der Waals surface area contributed by atoms with Gasteiger partial charge in [0.25, 0.3) is 0 Å². The number of hydrogen-bond donors (Lipinski definition) is 1. The van der Waals surface area contributed by atoms with Crippen LogP contribution < -0.4 is 10.1 Å². The van der Waals surface area contributed by atoms with Crippen molar-refractivity contribution in [1.29, 1.82) is 5.26 Å². The number of pyridine rings is 1. The highest BCUT2D eigenvalue weighted by molar-refractivity contribution is 5.51. The molecule has 0 saturated carbocycles. The Bertz CT molecular complexity index is 586. The maximum Gasteiger partial charge on any atom is 0.231 e. The van der Waals surface area contributed by atoms with Crippen LogP contribution in [0.3, 0.4) is 0 Å². The van der Waals surface area contributed by atoms with Crippen molar-refractivity contribution >= 4 is 5.69 Å². The Morgan fingerprint density at radius 3 is 2.94 bits per heavy atom. The minimum absolute atomic E-state index is 0.320. The maximum atomic E-state index is 8.94. The van der Waals surface area contributed by atoms with Gasteiger partial charge in [0.2, 0.25) is 5.88 Å². The van der Waals surface area contributed by atoms with Crippen molar-refractivity contribution in [3.8, 4) is 11.9 Å². The number of aromatic nitrogens is 2. The quantitative estimate of drug-likeness (QED) is 0.883. The predicted octanol–water partition coefficient (Wildman–Crippen LogP) is 1.87. The lowest BCUT2D eigenvalue weighted by atomic mass is 10.2. The van der Waals surface area contributed by atoms with Crippen molar-refractivity contribution < 1.29 is 9.26 Å². The normalized spacial score (nSPS) is 9.83. The van der Waals surface area contributed by atoms with Gasteiger partial charge in [-0.15, -0.1) is 0 Å². The maximum absolute atomic E-state index is 8.94. The lowest BCUT2D eigenvalue weighted by molar-refractivity contribution is 0.391. The van der Waals surface area contributed by atoms with Crippen molar-refractivity contribution in [3.05, 3.63) is 35.3 Å². The molecule has 2 aromatic rings. The highest BCUT2D eigenvalue weighted by atomic mass is 16.5. The zero-order chi connectivity index (χ0) is 13.0. The SMILES string of the molecule is COc1ncc(NCc2cc(C)on2)cc1C#N. The van der Waals surface area contributed by atoms with Crippen LogP contribution in [0.4, 0.5) is 5.69 Å². The van der Waals surface area contributed by atoms with Crippen LogP contribution in [-0.4, -0.2) is 17.3 Å². The van der Waals surface area contributed by atoms with Crippen molar-refractivity contribution in [3.63, 3.8) is 0 Å². The molecule has 0 spiro atoms. The number of hydrogen-bond acceptors (Lipinski definition) is 6. The van der Waals surface area contributed by atoms with E-state index in [0.29, 0.717) is 18.0 Å². The second-order valence-corrected chi connectivity index (χ2v) is 3.68. The minimum atomic E-state index is 0.320. The number of ether oxygens (including phenoxy) is 1. The van der Waals surface area contributed by atoms with E-state index in [1.807, 2.05) is 19.1 Å². The van der Waals surface area contributed by atoms with Gasteiger partial charge in [-0.3, -0.25) is 0 Å². The number of anilines is 1. The Labute approximate surface area is 104 Å². The molecule has 2 rings (SSSR count). The molecule has 2 heterocycles. The van der Waals surface area contributed by atoms with Gasteiger partial charge in [0.1, 0.15) is 23.1 Å². The highest BCUT2D eigenvalue weighted by Gasteiger charge is 2.06. The molecule has 0 unspecified atom stereocenters. The van der Waals surface area contributed by atoms with Crippen LogP contribution in [0.2, 0.25) is 0 Å². The highest BCUT2D eigenvalue weighted by Crippen LogP contribution is 2.18. The second-order valence-electron chi connectivity index (χ2n) is 3.68. The number of nitrogens with zero attached hydrogens (tertiary/aromatic N) is 3. The molecule has 0 amide bonds. The van der Waals surface area contributed by atoms with Gasteiger partial charge in [-0.1, -0.05) is 5.16 Å². The second kappa shape index (κ2) is 5.19. The van der Waals surface area contributed by atoms with Crippen molar-refractivity contribution in [2.75, 3.05) is 12.4 Å². The van der Waals surface area contributed by atoms with Crippen molar-refractivity contribution in [2.45, 2.75) is 13.5 Å². The van der Waals surface area contributed by atoms with Crippen LogP contribution in [0.25, 0.3) is 0 Å². The van der Waals surface area contributed by atoms with Crippen LogP contribution in [0, 0.1) is 18.3 Å². The molecule has 0 aliphatic heterocycles. The summed E-state index contributed by atoms with van der Waals surface area (Å²) < 4.78 is 9.92. The number of methoxy groups -OCH3 is 1. The van der Waals surface area contributed by atoms with Gasteiger partial charge in [-0.05, 0) is 13.0 Å². The Kier molecular flexibility index (Phi) is 3.44. The molecule has 0 aromatic carbocycles. The lowest BCUT2D eigenvalue weighted by Gasteiger charge is -2.06. The fourth-order valence-electron chi connectivity index (χ4n) is 1.49. The summed E-state index contributed by atoms with van der Waals surface area (Å²) >= 11 is 0. The third-order valence-electron chi connectivity index (χ3n) is 2.32. The van der Waals surface area contributed by atoms with Crippen LogP contribution in [0.5, 0.6) is 5.88 Å². The predicted molar refractivity (Wildman–Crippen MR) is 64.1 cm³/mol. The average molecular weight is 244 g/mol. The van der Waals surface area contributed by atoms with Crippen LogP contribution in [-0.2, 0) is 6.54 Å². The van der Waals surface area contributed by atoms with Gasteiger partial charge < -0.3 is 14.6 Å². The van der Waals surface area contributed by atoms with Gasteiger partial charge >= 0.3 is 0 Å². The van der Waals surface area contributed by atoms with E-state index < -0.39 is 0 Å². The van der Waals surface area contributed by atoms with E-state index in [-0.39, 0.29) is 0 Å². The Hall–Kier alpha value is -2.55. The fraction of sp³-hybridized carbons (Fsp3) is 0.250. The molecule has 6 nitrogen and oxygen atoms in total. The van der Waals surface area contributed by atoms with Gasteiger partial charge in [-0.25, -0.2) is 4.98 Å². The summed E-state index contributed by atoms with van der Waals surface area (Å²) in [5.74, 6) is 1.08. The fourth-order valence-corrected chi connectivity index (χ4v) is 1.49. The van der Waals surface area contributed by atoms with Gasteiger partial charge in [0.05, 0.1) is 25.5 Å². The molecule has 6 heteroatoms. The van der Waals surface area contributed by atoms with E-state index in [0.717, 1.165) is 17.1 Å². The molecule has 0 bridgehead atoms. The molecule has 1 N–H and O–H groups in total. The number of nitrogens with one attached hydrogen (secondary N) is 1. The molecule has 0 radical (unpaired) electrons. The number of aryl methyl sites for hydroxylation is 1. The zero-order valence-corrected chi connectivity index (χ0v) is 10.1. The first-order valence-electron chi connectivity index (χ1n) is 5.33. The molecule has 0 aliphatic rings.